The number of benzene rings is 3. The van der Waals surface area contributed by atoms with Gasteiger partial charge in [-0.15, -0.1) is 0 Å². The van der Waals surface area contributed by atoms with Crippen molar-refractivity contribution < 1.29 is 9.90 Å². The average Bonchev–Trinajstić information content (AvgIpc) is 2.61. The van der Waals surface area contributed by atoms with Crippen molar-refractivity contribution in [3.05, 3.63) is 77.9 Å². The molecular formula is C21H22N2O2. The Hall–Kier alpha value is -2.85. The van der Waals surface area contributed by atoms with Crippen LogP contribution < -0.4 is 5.32 Å². The minimum Gasteiger partial charge on any atom is -0.507 e. The minimum atomic E-state index is -0.272. The lowest BCUT2D eigenvalue weighted by molar-refractivity contribution is 0.0939. The molecule has 0 aliphatic carbocycles. The lowest BCUT2D eigenvalue weighted by atomic mass is 10.0. The first-order valence-electron chi connectivity index (χ1n) is 8.27. The molecule has 0 heterocycles. The number of rotatable bonds is 5. The van der Waals surface area contributed by atoms with Gasteiger partial charge in [0, 0.05) is 6.54 Å². The normalized spacial score (nSPS) is 12.3. The Bertz CT molecular complexity index is 875. The van der Waals surface area contributed by atoms with Crippen LogP contribution in [-0.2, 0) is 0 Å². The van der Waals surface area contributed by atoms with Crippen LogP contribution in [0.25, 0.3) is 10.8 Å². The Morgan fingerprint density at radius 1 is 1.00 bits per heavy atom. The molecule has 4 heteroatoms. The van der Waals surface area contributed by atoms with Gasteiger partial charge in [-0.1, -0.05) is 54.6 Å². The van der Waals surface area contributed by atoms with Gasteiger partial charge in [0.05, 0.1) is 11.6 Å². The first-order valence-corrected chi connectivity index (χ1v) is 8.27. The quantitative estimate of drug-likeness (QED) is 0.750. The molecule has 0 spiro atoms. The topological polar surface area (TPSA) is 52.6 Å². The smallest absolute Gasteiger partial charge is 0.255 e. The van der Waals surface area contributed by atoms with E-state index in [2.05, 4.69) is 10.2 Å². The molecule has 0 fully saturated rings. The van der Waals surface area contributed by atoms with Gasteiger partial charge in [0.1, 0.15) is 5.75 Å². The van der Waals surface area contributed by atoms with Crippen molar-refractivity contribution in [1.82, 2.24) is 10.2 Å². The van der Waals surface area contributed by atoms with Crippen molar-refractivity contribution in [2.45, 2.75) is 6.04 Å². The summed E-state index contributed by atoms with van der Waals surface area (Å²) in [5.74, 6) is -0.275. The average molecular weight is 334 g/mol. The van der Waals surface area contributed by atoms with E-state index in [9.17, 15) is 9.90 Å². The number of likely N-dealkylation sites (N-methyl/N-ethyl adjacent to an activating group) is 1. The Labute approximate surface area is 147 Å². The number of nitrogens with one attached hydrogen (secondary N) is 1. The standard InChI is InChI=1S/C21H22N2O2/c1-23(2)19(15-8-4-3-5-9-15)14-22-21(25)18-12-16-10-6-7-11-17(16)13-20(18)24/h3-13,19,24H,14H2,1-2H3,(H,22,25)/t19-/m0/s1. The number of fused-ring (bicyclic) bond motifs is 1. The van der Waals surface area contributed by atoms with Crippen LogP contribution in [0.4, 0.5) is 0 Å². The molecule has 1 amide bonds. The van der Waals surface area contributed by atoms with Gasteiger partial charge in [-0.3, -0.25) is 4.79 Å². The molecule has 0 aliphatic rings. The maximum absolute atomic E-state index is 12.6. The highest BCUT2D eigenvalue weighted by Gasteiger charge is 2.17. The van der Waals surface area contributed by atoms with E-state index in [0.29, 0.717) is 12.1 Å². The third kappa shape index (κ3) is 3.80. The Kier molecular flexibility index (Phi) is 5.00. The van der Waals surface area contributed by atoms with E-state index >= 15 is 0 Å². The van der Waals surface area contributed by atoms with Gasteiger partial charge in [0.2, 0.25) is 0 Å². The lowest BCUT2D eigenvalue weighted by Gasteiger charge is -2.25. The van der Waals surface area contributed by atoms with Crippen molar-refractivity contribution >= 4 is 16.7 Å². The summed E-state index contributed by atoms with van der Waals surface area (Å²) in [6.07, 6.45) is 0. The molecule has 25 heavy (non-hydrogen) atoms. The Morgan fingerprint density at radius 3 is 2.24 bits per heavy atom. The van der Waals surface area contributed by atoms with Crippen molar-refractivity contribution in [2.75, 3.05) is 20.6 Å². The van der Waals surface area contributed by atoms with Crippen molar-refractivity contribution in [3.8, 4) is 5.75 Å². The maximum atomic E-state index is 12.6. The van der Waals surface area contributed by atoms with E-state index in [0.717, 1.165) is 16.3 Å². The fraction of sp³-hybridized carbons (Fsp3) is 0.190. The van der Waals surface area contributed by atoms with Gasteiger partial charge in [-0.05, 0) is 42.6 Å². The molecule has 128 valence electrons. The van der Waals surface area contributed by atoms with Gasteiger partial charge in [0.15, 0.2) is 0 Å². The molecule has 0 radical (unpaired) electrons. The highest BCUT2D eigenvalue weighted by atomic mass is 16.3. The fourth-order valence-corrected chi connectivity index (χ4v) is 2.97. The summed E-state index contributed by atoms with van der Waals surface area (Å²) in [7, 11) is 3.97. The maximum Gasteiger partial charge on any atom is 0.255 e. The number of carbonyl (C=O) groups excluding carboxylic acids is 1. The summed E-state index contributed by atoms with van der Waals surface area (Å²) in [5, 5.41) is 15.0. The zero-order valence-electron chi connectivity index (χ0n) is 14.4. The SMILES string of the molecule is CN(C)[C@@H](CNC(=O)c1cc2ccccc2cc1O)c1ccccc1. The first-order chi connectivity index (χ1) is 12.1. The molecule has 3 aromatic rings. The molecule has 0 aromatic heterocycles. The summed E-state index contributed by atoms with van der Waals surface area (Å²) in [4.78, 5) is 14.6. The Balaban J connectivity index is 1.79. The number of aromatic hydroxyl groups is 1. The largest absolute Gasteiger partial charge is 0.507 e. The molecule has 1 atom stereocenters. The second kappa shape index (κ2) is 7.36. The molecule has 0 aliphatic heterocycles. The summed E-state index contributed by atoms with van der Waals surface area (Å²) < 4.78 is 0. The number of phenols is 1. The predicted molar refractivity (Wildman–Crippen MR) is 101 cm³/mol. The highest BCUT2D eigenvalue weighted by molar-refractivity contribution is 6.01. The third-order valence-corrected chi connectivity index (χ3v) is 4.37. The number of hydrogen-bond donors (Lipinski definition) is 2. The second-order valence-electron chi connectivity index (χ2n) is 6.32. The van der Waals surface area contributed by atoms with Crippen LogP contribution in [0.2, 0.25) is 0 Å². The molecule has 0 unspecified atom stereocenters. The van der Waals surface area contributed by atoms with Gasteiger partial charge in [0.25, 0.3) is 5.91 Å². The van der Waals surface area contributed by atoms with Crippen molar-refractivity contribution in [1.29, 1.82) is 0 Å². The number of amides is 1. The van der Waals surface area contributed by atoms with E-state index in [1.54, 1.807) is 12.1 Å². The van der Waals surface area contributed by atoms with Crippen LogP contribution in [-0.4, -0.2) is 36.6 Å². The van der Waals surface area contributed by atoms with Crippen molar-refractivity contribution in [3.63, 3.8) is 0 Å². The molecule has 2 N–H and O–H groups in total. The van der Waals surface area contributed by atoms with E-state index < -0.39 is 0 Å². The zero-order valence-corrected chi connectivity index (χ0v) is 14.4. The number of hydrogen-bond acceptors (Lipinski definition) is 3. The number of nitrogens with zero attached hydrogens (tertiary/aromatic N) is 1. The fourth-order valence-electron chi connectivity index (χ4n) is 2.97. The van der Waals surface area contributed by atoms with E-state index in [1.807, 2.05) is 68.7 Å². The summed E-state index contributed by atoms with van der Waals surface area (Å²) >= 11 is 0. The molecule has 3 rings (SSSR count). The lowest BCUT2D eigenvalue weighted by Crippen LogP contribution is -2.34. The van der Waals surface area contributed by atoms with Crippen LogP contribution in [0.15, 0.2) is 66.7 Å². The van der Waals surface area contributed by atoms with Gasteiger partial charge < -0.3 is 15.3 Å². The van der Waals surface area contributed by atoms with E-state index in [1.165, 1.54) is 0 Å². The van der Waals surface area contributed by atoms with Gasteiger partial charge in [-0.2, -0.15) is 0 Å². The molecule has 0 bridgehead atoms. The van der Waals surface area contributed by atoms with Crippen LogP contribution in [0.5, 0.6) is 5.75 Å². The van der Waals surface area contributed by atoms with Crippen molar-refractivity contribution in [2.24, 2.45) is 0 Å². The first kappa shape index (κ1) is 17.0. The zero-order chi connectivity index (χ0) is 17.8. The van der Waals surface area contributed by atoms with E-state index in [-0.39, 0.29) is 17.7 Å². The summed E-state index contributed by atoms with van der Waals surface area (Å²) in [6, 6.07) is 21.1. The molecule has 0 saturated carbocycles. The molecule has 0 saturated heterocycles. The predicted octanol–water partition coefficient (Wildman–Crippen LogP) is 3.58. The Morgan fingerprint density at radius 2 is 1.60 bits per heavy atom. The van der Waals surface area contributed by atoms with Gasteiger partial charge >= 0.3 is 0 Å². The van der Waals surface area contributed by atoms with Crippen LogP contribution in [0.1, 0.15) is 22.0 Å². The minimum absolute atomic E-state index is 0.00249. The summed E-state index contributed by atoms with van der Waals surface area (Å²) in [6.45, 7) is 0.460. The second-order valence-corrected chi connectivity index (χ2v) is 6.32. The number of carbonyl (C=O) groups is 1. The third-order valence-electron chi connectivity index (χ3n) is 4.37. The monoisotopic (exact) mass is 334 g/mol. The van der Waals surface area contributed by atoms with Crippen LogP contribution in [0.3, 0.4) is 0 Å². The number of phenolic OH excluding ortho intramolecular Hbond substituents is 1. The van der Waals surface area contributed by atoms with E-state index in [4.69, 9.17) is 0 Å². The molecule has 4 nitrogen and oxygen atoms in total. The summed E-state index contributed by atoms with van der Waals surface area (Å²) in [5.41, 5.74) is 1.43. The van der Waals surface area contributed by atoms with Crippen LogP contribution in [0, 0.1) is 0 Å². The highest BCUT2D eigenvalue weighted by Crippen LogP contribution is 2.25. The van der Waals surface area contributed by atoms with Gasteiger partial charge in [-0.25, -0.2) is 0 Å². The van der Waals surface area contributed by atoms with Crippen LogP contribution >= 0.6 is 0 Å². The molecule has 3 aromatic carbocycles. The molecular weight excluding hydrogens is 312 g/mol.